The van der Waals surface area contributed by atoms with Crippen LogP contribution in [0.15, 0.2) is 60.7 Å². The Morgan fingerprint density at radius 1 is 1.00 bits per heavy atom. The summed E-state index contributed by atoms with van der Waals surface area (Å²) in [5.41, 5.74) is 2.37. The van der Waals surface area contributed by atoms with Crippen molar-refractivity contribution in [2.24, 2.45) is 0 Å². The van der Waals surface area contributed by atoms with Gasteiger partial charge < -0.3 is 9.47 Å². The first-order chi connectivity index (χ1) is 13.1. The molecule has 1 heterocycles. The van der Waals surface area contributed by atoms with Gasteiger partial charge in [-0.1, -0.05) is 30.3 Å². The van der Waals surface area contributed by atoms with Crippen LogP contribution in [-0.2, 0) is 16.0 Å². The van der Waals surface area contributed by atoms with Gasteiger partial charge in [0.05, 0.1) is 25.0 Å². The van der Waals surface area contributed by atoms with Gasteiger partial charge in [-0.3, -0.25) is 9.59 Å². The molecule has 0 spiro atoms. The zero-order chi connectivity index (χ0) is 19.2. The molecule has 0 atom stereocenters. The number of thiophene rings is 1. The number of rotatable bonds is 7. The molecule has 3 rings (SSSR count). The minimum atomic E-state index is -0.295. The molecule has 1 aromatic heterocycles. The Labute approximate surface area is 162 Å². The first-order valence-corrected chi connectivity index (χ1v) is 9.46. The summed E-state index contributed by atoms with van der Waals surface area (Å²) < 4.78 is 10.2. The lowest BCUT2D eigenvalue weighted by molar-refractivity contribution is -0.142. The van der Waals surface area contributed by atoms with Gasteiger partial charge in [0.25, 0.3) is 0 Å². The second kappa shape index (κ2) is 8.64. The first-order valence-electron chi connectivity index (χ1n) is 8.65. The van der Waals surface area contributed by atoms with Crippen LogP contribution in [0.1, 0.15) is 27.7 Å². The lowest BCUT2D eigenvalue weighted by Gasteiger charge is -2.04. The van der Waals surface area contributed by atoms with E-state index in [0.717, 1.165) is 16.0 Å². The van der Waals surface area contributed by atoms with Crippen LogP contribution in [0.3, 0.4) is 0 Å². The summed E-state index contributed by atoms with van der Waals surface area (Å²) in [5, 5.41) is 0. The van der Waals surface area contributed by atoms with E-state index < -0.39 is 0 Å². The largest absolute Gasteiger partial charge is 0.497 e. The van der Waals surface area contributed by atoms with E-state index >= 15 is 0 Å². The number of ketones is 1. The smallest absolute Gasteiger partial charge is 0.310 e. The van der Waals surface area contributed by atoms with E-state index in [1.165, 1.54) is 11.3 Å². The predicted octanol–water partition coefficient (Wildman–Crippen LogP) is 4.76. The third-order valence-corrected chi connectivity index (χ3v) is 5.29. The lowest BCUT2D eigenvalue weighted by atomic mass is 10.0. The van der Waals surface area contributed by atoms with E-state index in [-0.39, 0.29) is 18.2 Å². The Bertz CT molecular complexity index is 927. The van der Waals surface area contributed by atoms with Crippen LogP contribution in [0.5, 0.6) is 5.75 Å². The van der Waals surface area contributed by atoms with E-state index in [2.05, 4.69) is 0 Å². The number of methoxy groups -OCH3 is 1. The highest BCUT2D eigenvalue weighted by atomic mass is 32.1. The first kappa shape index (κ1) is 18.9. The minimum Gasteiger partial charge on any atom is -0.497 e. The van der Waals surface area contributed by atoms with Gasteiger partial charge in [0.15, 0.2) is 0 Å². The van der Waals surface area contributed by atoms with Crippen molar-refractivity contribution in [3.63, 3.8) is 0 Å². The van der Waals surface area contributed by atoms with E-state index in [1.807, 2.05) is 30.3 Å². The monoisotopic (exact) mass is 380 g/mol. The van der Waals surface area contributed by atoms with E-state index in [9.17, 15) is 9.59 Å². The van der Waals surface area contributed by atoms with E-state index in [1.54, 1.807) is 44.4 Å². The molecule has 0 fully saturated rings. The van der Waals surface area contributed by atoms with Crippen molar-refractivity contribution < 1.29 is 19.1 Å². The number of benzene rings is 2. The number of hydrogen-bond donors (Lipinski definition) is 0. The fourth-order valence-electron chi connectivity index (χ4n) is 2.76. The van der Waals surface area contributed by atoms with Crippen LogP contribution in [0.4, 0.5) is 0 Å². The third kappa shape index (κ3) is 4.44. The molecule has 138 valence electrons. The molecule has 0 saturated heterocycles. The van der Waals surface area contributed by atoms with Gasteiger partial charge in [-0.2, -0.15) is 0 Å². The maximum Gasteiger partial charge on any atom is 0.310 e. The predicted molar refractivity (Wildman–Crippen MR) is 107 cm³/mol. The van der Waals surface area contributed by atoms with Crippen LogP contribution in [0.2, 0.25) is 0 Å². The SMILES string of the molecule is CCOC(=O)Cc1cc(C(=O)c2ccc(OC)cc2)sc1-c1ccccc1. The maximum atomic E-state index is 12.9. The van der Waals surface area contributed by atoms with Crippen LogP contribution >= 0.6 is 11.3 Å². The molecule has 0 aliphatic heterocycles. The van der Waals surface area contributed by atoms with Crippen molar-refractivity contribution in [3.8, 4) is 16.2 Å². The molecule has 0 radical (unpaired) electrons. The van der Waals surface area contributed by atoms with Crippen molar-refractivity contribution in [2.75, 3.05) is 13.7 Å². The second-order valence-electron chi connectivity index (χ2n) is 5.87. The Kier molecular flexibility index (Phi) is 6.04. The molecular weight excluding hydrogens is 360 g/mol. The number of hydrogen-bond acceptors (Lipinski definition) is 5. The zero-order valence-electron chi connectivity index (χ0n) is 15.2. The molecule has 0 N–H and O–H groups in total. The summed E-state index contributed by atoms with van der Waals surface area (Å²) in [7, 11) is 1.59. The van der Waals surface area contributed by atoms with Gasteiger partial charge in [-0.15, -0.1) is 11.3 Å². The summed E-state index contributed by atoms with van der Waals surface area (Å²) >= 11 is 1.40. The summed E-state index contributed by atoms with van der Waals surface area (Å²) in [5.74, 6) is 0.330. The van der Waals surface area contributed by atoms with Crippen molar-refractivity contribution in [2.45, 2.75) is 13.3 Å². The topological polar surface area (TPSA) is 52.6 Å². The molecular formula is C22H20O4S. The number of ether oxygens (including phenoxy) is 2. The van der Waals surface area contributed by atoms with E-state index in [4.69, 9.17) is 9.47 Å². The van der Waals surface area contributed by atoms with Crippen LogP contribution < -0.4 is 4.74 Å². The average Bonchev–Trinajstić information content (AvgIpc) is 3.12. The van der Waals surface area contributed by atoms with E-state index in [0.29, 0.717) is 22.8 Å². The quantitative estimate of drug-likeness (QED) is 0.438. The molecule has 0 amide bonds. The van der Waals surface area contributed by atoms with Crippen molar-refractivity contribution >= 4 is 23.1 Å². The lowest BCUT2D eigenvalue weighted by Crippen LogP contribution is -2.07. The minimum absolute atomic E-state index is 0.0741. The molecule has 0 saturated carbocycles. The molecule has 0 aliphatic carbocycles. The number of esters is 1. The Balaban J connectivity index is 1.96. The Morgan fingerprint density at radius 2 is 1.70 bits per heavy atom. The van der Waals surface area contributed by atoms with Gasteiger partial charge in [0.2, 0.25) is 5.78 Å². The molecule has 5 heteroatoms. The van der Waals surface area contributed by atoms with Crippen LogP contribution in [0, 0.1) is 0 Å². The van der Waals surface area contributed by atoms with Gasteiger partial charge >= 0.3 is 5.97 Å². The summed E-state index contributed by atoms with van der Waals surface area (Å²) in [6, 6.07) is 18.6. The van der Waals surface area contributed by atoms with Crippen molar-refractivity contribution in [1.82, 2.24) is 0 Å². The zero-order valence-corrected chi connectivity index (χ0v) is 16.0. The summed E-state index contributed by atoms with van der Waals surface area (Å²) in [6.07, 6.45) is 0.143. The average molecular weight is 380 g/mol. The molecule has 4 nitrogen and oxygen atoms in total. The highest BCUT2D eigenvalue weighted by Gasteiger charge is 2.19. The molecule has 0 aliphatic rings. The fraction of sp³-hybridized carbons (Fsp3) is 0.182. The highest BCUT2D eigenvalue weighted by Crippen LogP contribution is 2.34. The van der Waals surface area contributed by atoms with Gasteiger partial charge in [-0.25, -0.2) is 0 Å². The van der Waals surface area contributed by atoms with Crippen molar-refractivity contribution in [3.05, 3.63) is 76.7 Å². The molecule has 2 aromatic carbocycles. The standard InChI is InChI=1S/C22H20O4S/c1-3-26-20(23)14-17-13-19(27-22(17)16-7-5-4-6-8-16)21(24)15-9-11-18(25-2)12-10-15/h4-13H,3,14H2,1-2H3. The summed E-state index contributed by atoms with van der Waals surface area (Å²) in [6.45, 7) is 2.11. The Morgan fingerprint density at radius 3 is 2.33 bits per heavy atom. The number of carbonyl (C=O) groups is 2. The molecule has 3 aromatic rings. The van der Waals surface area contributed by atoms with Crippen LogP contribution in [0.25, 0.3) is 10.4 Å². The fourth-order valence-corrected chi connectivity index (χ4v) is 3.91. The highest BCUT2D eigenvalue weighted by molar-refractivity contribution is 7.17. The maximum absolute atomic E-state index is 12.9. The van der Waals surface area contributed by atoms with Crippen LogP contribution in [-0.4, -0.2) is 25.5 Å². The van der Waals surface area contributed by atoms with Gasteiger partial charge in [-0.05, 0) is 48.4 Å². The third-order valence-electron chi connectivity index (χ3n) is 4.06. The second-order valence-corrected chi connectivity index (χ2v) is 6.92. The van der Waals surface area contributed by atoms with Gasteiger partial charge in [0, 0.05) is 10.4 Å². The number of carbonyl (C=O) groups excluding carboxylic acids is 2. The Hall–Kier alpha value is -2.92. The molecule has 0 bridgehead atoms. The molecule has 0 unspecified atom stereocenters. The van der Waals surface area contributed by atoms with Crippen molar-refractivity contribution in [1.29, 1.82) is 0 Å². The molecule has 27 heavy (non-hydrogen) atoms. The van der Waals surface area contributed by atoms with Gasteiger partial charge in [0.1, 0.15) is 5.75 Å². The normalized spacial score (nSPS) is 10.4. The summed E-state index contributed by atoms with van der Waals surface area (Å²) in [4.78, 5) is 26.4.